The summed E-state index contributed by atoms with van der Waals surface area (Å²) in [6, 6.07) is 15.5. The first-order valence-corrected chi connectivity index (χ1v) is 8.14. The Hall–Kier alpha value is -2.42. The van der Waals surface area contributed by atoms with Crippen LogP contribution in [0.5, 0.6) is 0 Å². The van der Waals surface area contributed by atoms with Gasteiger partial charge in [0.2, 0.25) is 0 Å². The van der Waals surface area contributed by atoms with E-state index in [0.717, 1.165) is 25.1 Å². The van der Waals surface area contributed by atoms with Gasteiger partial charge in [0.1, 0.15) is 18.6 Å². The number of nitrogens with zero attached hydrogens (tertiary/aromatic N) is 2. The quantitative estimate of drug-likeness (QED) is 0.649. The molecule has 1 aromatic heterocycles. The Bertz CT molecular complexity index is 847. The smallest absolute Gasteiger partial charge is 0.229 e. The molecule has 3 heteroatoms. The largest absolute Gasteiger partial charge is 0.257 e. The molecule has 2 heterocycles. The molecule has 1 aliphatic heterocycles. The summed E-state index contributed by atoms with van der Waals surface area (Å²) in [5.74, 6) is 1.18. The van der Waals surface area contributed by atoms with Crippen molar-refractivity contribution in [1.29, 1.82) is 0 Å². The first kappa shape index (κ1) is 14.2. The number of aryl methyl sites for hydroxylation is 1. The summed E-state index contributed by atoms with van der Waals surface area (Å²) in [6.45, 7) is 4.06. The van der Waals surface area contributed by atoms with Crippen molar-refractivity contribution in [3.05, 3.63) is 77.5 Å². The molecule has 23 heavy (non-hydrogen) atoms. The highest BCUT2D eigenvalue weighted by Crippen LogP contribution is 2.25. The van der Waals surface area contributed by atoms with E-state index in [4.69, 9.17) is 0 Å². The second-order valence-electron chi connectivity index (χ2n) is 6.31. The Labute approximate surface area is 135 Å². The number of benzene rings is 2. The zero-order valence-electron chi connectivity index (χ0n) is 13.3. The molecule has 0 spiro atoms. The van der Waals surface area contributed by atoms with Crippen LogP contribution in [0.1, 0.15) is 23.4 Å². The Kier molecular flexibility index (Phi) is 3.49. The highest BCUT2D eigenvalue weighted by atomic mass is 19.1. The number of hydrogen-bond acceptors (Lipinski definition) is 0. The summed E-state index contributed by atoms with van der Waals surface area (Å²) in [7, 11) is 0. The number of aromatic nitrogens is 2. The van der Waals surface area contributed by atoms with Crippen LogP contribution in [0.3, 0.4) is 0 Å². The topological polar surface area (TPSA) is 8.81 Å². The van der Waals surface area contributed by atoms with Crippen molar-refractivity contribution in [2.24, 2.45) is 0 Å². The van der Waals surface area contributed by atoms with E-state index in [-0.39, 0.29) is 5.82 Å². The summed E-state index contributed by atoms with van der Waals surface area (Å²) < 4.78 is 17.9. The minimum atomic E-state index is -0.186. The second-order valence-corrected chi connectivity index (χ2v) is 6.31. The lowest BCUT2D eigenvalue weighted by molar-refractivity contribution is -0.694. The molecule has 0 bridgehead atoms. The molecule has 4 rings (SSSR count). The van der Waals surface area contributed by atoms with Crippen molar-refractivity contribution in [2.75, 3.05) is 0 Å². The molecule has 0 atom stereocenters. The lowest BCUT2D eigenvalue weighted by Crippen LogP contribution is -2.36. The van der Waals surface area contributed by atoms with Gasteiger partial charge in [0, 0.05) is 5.56 Å². The first-order chi connectivity index (χ1) is 11.2. The van der Waals surface area contributed by atoms with Gasteiger partial charge in [0.25, 0.3) is 5.82 Å². The Morgan fingerprint density at radius 2 is 1.96 bits per heavy atom. The predicted molar refractivity (Wildman–Crippen MR) is 88.6 cm³/mol. The van der Waals surface area contributed by atoms with E-state index < -0.39 is 0 Å². The van der Waals surface area contributed by atoms with Gasteiger partial charge < -0.3 is 0 Å². The standard InChI is InChI=1S/C20H20FN2/c1-15-4-2-5-16(12-15)13-22-14-19(23-11-3-6-20(22)23)17-7-9-18(21)10-8-17/h2,4-5,7-10,12,14H,3,6,11,13H2,1H3/q+1. The Morgan fingerprint density at radius 1 is 1.13 bits per heavy atom. The third kappa shape index (κ3) is 2.67. The van der Waals surface area contributed by atoms with Crippen LogP contribution in [0, 0.1) is 12.7 Å². The summed E-state index contributed by atoms with van der Waals surface area (Å²) in [5, 5.41) is 0. The van der Waals surface area contributed by atoms with Gasteiger partial charge >= 0.3 is 0 Å². The zero-order chi connectivity index (χ0) is 15.8. The number of fused-ring (bicyclic) bond motifs is 1. The molecular weight excluding hydrogens is 287 g/mol. The van der Waals surface area contributed by atoms with Crippen LogP contribution in [0.25, 0.3) is 11.3 Å². The fraction of sp³-hybridized carbons (Fsp3) is 0.250. The van der Waals surface area contributed by atoms with E-state index in [1.54, 1.807) is 0 Å². The molecule has 0 saturated carbocycles. The maximum Gasteiger partial charge on any atom is 0.257 e. The minimum Gasteiger partial charge on any atom is -0.229 e. The fourth-order valence-electron chi connectivity index (χ4n) is 3.50. The molecule has 2 aromatic carbocycles. The van der Waals surface area contributed by atoms with E-state index in [1.807, 2.05) is 12.1 Å². The Balaban J connectivity index is 1.74. The first-order valence-electron chi connectivity index (χ1n) is 8.14. The molecule has 0 aliphatic carbocycles. The SMILES string of the molecule is Cc1cccc(C[n+]2cc(-c3ccc(F)cc3)n3c2CCC3)c1. The van der Waals surface area contributed by atoms with Gasteiger partial charge in [-0.15, -0.1) is 0 Å². The van der Waals surface area contributed by atoms with Gasteiger partial charge in [-0.1, -0.05) is 29.8 Å². The third-order valence-electron chi connectivity index (χ3n) is 4.57. The maximum absolute atomic E-state index is 13.2. The molecule has 0 fully saturated rings. The second kappa shape index (κ2) is 5.65. The minimum absolute atomic E-state index is 0.186. The van der Waals surface area contributed by atoms with Crippen molar-refractivity contribution < 1.29 is 8.96 Å². The van der Waals surface area contributed by atoms with E-state index in [1.165, 1.54) is 41.2 Å². The van der Waals surface area contributed by atoms with E-state index in [0.29, 0.717) is 0 Å². The van der Waals surface area contributed by atoms with Gasteiger partial charge in [-0.3, -0.25) is 0 Å². The van der Waals surface area contributed by atoms with Crippen LogP contribution in [0.4, 0.5) is 4.39 Å². The molecule has 116 valence electrons. The van der Waals surface area contributed by atoms with Gasteiger partial charge in [-0.05, 0) is 43.2 Å². The van der Waals surface area contributed by atoms with Crippen molar-refractivity contribution in [3.8, 4) is 11.3 Å². The summed E-state index contributed by atoms with van der Waals surface area (Å²) >= 11 is 0. The van der Waals surface area contributed by atoms with Crippen molar-refractivity contribution in [1.82, 2.24) is 4.57 Å². The van der Waals surface area contributed by atoms with Crippen molar-refractivity contribution in [3.63, 3.8) is 0 Å². The van der Waals surface area contributed by atoms with Crippen molar-refractivity contribution in [2.45, 2.75) is 32.9 Å². The number of hydrogen-bond donors (Lipinski definition) is 0. The van der Waals surface area contributed by atoms with Gasteiger partial charge in [-0.25, -0.2) is 13.5 Å². The molecule has 0 saturated heterocycles. The van der Waals surface area contributed by atoms with Gasteiger partial charge in [-0.2, -0.15) is 0 Å². The average molecular weight is 307 g/mol. The van der Waals surface area contributed by atoms with Crippen LogP contribution >= 0.6 is 0 Å². The van der Waals surface area contributed by atoms with Crippen LogP contribution in [-0.2, 0) is 19.5 Å². The lowest BCUT2D eigenvalue weighted by atomic mass is 10.1. The van der Waals surface area contributed by atoms with Gasteiger partial charge in [0.15, 0.2) is 5.69 Å². The van der Waals surface area contributed by atoms with Crippen LogP contribution < -0.4 is 4.57 Å². The monoisotopic (exact) mass is 307 g/mol. The molecule has 0 radical (unpaired) electrons. The average Bonchev–Trinajstić information content (AvgIpc) is 3.12. The molecule has 2 nitrogen and oxygen atoms in total. The maximum atomic E-state index is 13.2. The van der Waals surface area contributed by atoms with Gasteiger partial charge in [0.05, 0.1) is 13.0 Å². The normalized spacial score (nSPS) is 13.3. The summed E-state index contributed by atoms with van der Waals surface area (Å²) in [5.41, 5.74) is 4.88. The predicted octanol–water partition coefficient (Wildman–Crippen LogP) is 3.88. The molecular formula is C20H20FN2+. The van der Waals surface area contributed by atoms with E-state index in [9.17, 15) is 4.39 Å². The van der Waals surface area contributed by atoms with E-state index in [2.05, 4.69) is 46.5 Å². The number of halogens is 1. The molecule has 1 aliphatic rings. The fourth-order valence-corrected chi connectivity index (χ4v) is 3.50. The number of rotatable bonds is 3. The van der Waals surface area contributed by atoms with E-state index >= 15 is 0 Å². The lowest BCUT2D eigenvalue weighted by Gasteiger charge is -2.01. The zero-order valence-corrected chi connectivity index (χ0v) is 13.3. The number of imidazole rings is 1. The van der Waals surface area contributed by atoms with Crippen LogP contribution in [0.15, 0.2) is 54.7 Å². The third-order valence-corrected chi connectivity index (χ3v) is 4.57. The highest BCUT2D eigenvalue weighted by molar-refractivity contribution is 5.58. The Morgan fingerprint density at radius 3 is 2.74 bits per heavy atom. The summed E-state index contributed by atoms with van der Waals surface area (Å²) in [6.07, 6.45) is 4.50. The molecule has 0 amide bonds. The van der Waals surface area contributed by atoms with Crippen molar-refractivity contribution >= 4 is 0 Å². The molecule has 0 N–H and O–H groups in total. The highest BCUT2D eigenvalue weighted by Gasteiger charge is 2.28. The molecule has 0 unspecified atom stereocenters. The van der Waals surface area contributed by atoms with Crippen LogP contribution in [0.2, 0.25) is 0 Å². The molecule has 3 aromatic rings. The van der Waals surface area contributed by atoms with Crippen LogP contribution in [-0.4, -0.2) is 4.57 Å². The summed E-state index contributed by atoms with van der Waals surface area (Å²) in [4.78, 5) is 0.